The normalized spacial score (nSPS) is 10.3. The first-order valence-electron chi connectivity index (χ1n) is 8.66. The first kappa shape index (κ1) is 19.3. The Kier molecular flexibility index (Phi) is 7.02. The highest BCUT2D eigenvalue weighted by atomic mass is 16.5. The second kappa shape index (κ2) is 9.46. The number of para-hydroxylation sites is 2. The molecule has 0 fully saturated rings. The minimum Gasteiger partial charge on any atom is -0.492 e. The van der Waals surface area contributed by atoms with Gasteiger partial charge in [-0.3, -0.25) is 9.59 Å². The van der Waals surface area contributed by atoms with Gasteiger partial charge in [0.15, 0.2) is 0 Å². The zero-order chi connectivity index (χ0) is 18.9. The first-order chi connectivity index (χ1) is 12.5. The lowest BCUT2D eigenvalue weighted by molar-refractivity contribution is -0.114. The second-order valence-corrected chi connectivity index (χ2v) is 6.04. The zero-order valence-electron chi connectivity index (χ0n) is 15.3. The Morgan fingerprint density at radius 1 is 1.04 bits per heavy atom. The van der Waals surface area contributed by atoms with Crippen molar-refractivity contribution in [3.63, 3.8) is 0 Å². The highest BCUT2D eigenvalue weighted by Gasteiger charge is 2.08. The maximum absolute atomic E-state index is 12.1. The molecule has 2 aromatic carbocycles. The van der Waals surface area contributed by atoms with E-state index in [1.165, 1.54) is 0 Å². The van der Waals surface area contributed by atoms with Gasteiger partial charge in [-0.2, -0.15) is 0 Å². The van der Waals surface area contributed by atoms with E-state index in [0.717, 1.165) is 5.69 Å². The Balaban J connectivity index is 1.89. The lowest BCUT2D eigenvalue weighted by Crippen LogP contribution is -2.30. The number of anilines is 2. The molecule has 0 radical (unpaired) electrons. The highest BCUT2D eigenvalue weighted by Crippen LogP contribution is 2.23. The Hall–Kier alpha value is -3.02. The molecule has 0 heterocycles. The van der Waals surface area contributed by atoms with Gasteiger partial charge < -0.3 is 20.7 Å². The third-order valence-electron chi connectivity index (χ3n) is 3.48. The summed E-state index contributed by atoms with van der Waals surface area (Å²) in [6, 6.07) is 14.3. The molecule has 2 aromatic rings. The molecule has 138 valence electrons. The van der Waals surface area contributed by atoms with Crippen LogP contribution in [-0.2, 0) is 4.79 Å². The molecular formula is C20H25N3O3. The van der Waals surface area contributed by atoms with Crippen LogP contribution in [0, 0.1) is 0 Å². The van der Waals surface area contributed by atoms with Crippen LogP contribution in [0.5, 0.6) is 5.75 Å². The van der Waals surface area contributed by atoms with Crippen molar-refractivity contribution in [2.45, 2.75) is 26.8 Å². The van der Waals surface area contributed by atoms with Gasteiger partial charge in [-0.1, -0.05) is 12.1 Å². The van der Waals surface area contributed by atoms with Crippen LogP contribution in [0.1, 0.15) is 31.1 Å². The van der Waals surface area contributed by atoms with Crippen LogP contribution < -0.4 is 20.7 Å². The summed E-state index contributed by atoms with van der Waals surface area (Å²) in [5.41, 5.74) is 1.96. The Labute approximate surface area is 153 Å². The van der Waals surface area contributed by atoms with E-state index < -0.39 is 0 Å². The molecule has 6 nitrogen and oxygen atoms in total. The van der Waals surface area contributed by atoms with Gasteiger partial charge in [-0.25, -0.2) is 0 Å². The van der Waals surface area contributed by atoms with E-state index in [1.807, 2.05) is 45.0 Å². The van der Waals surface area contributed by atoms with Crippen LogP contribution in [0.4, 0.5) is 11.4 Å². The van der Waals surface area contributed by atoms with Crippen molar-refractivity contribution in [1.29, 1.82) is 0 Å². The second-order valence-electron chi connectivity index (χ2n) is 6.04. The molecule has 0 bridgehead atoms. The van der Waals surface area contributed by atoms with Crippen molar-refractivity contribution in [3.05, 3.63) is 54.1 Å². The summed E-state index contributed by atoms with van der Waals surface area (Å²) in [6.07, 6.45) is 0. The fourth-order valence-electron chi connectivity index (χ4n) is 2.33. The van der Waals surface area contributed by atoms with E-state index in [1.54, 1.807) is 24.3 Å². The van der Waals surface area contributed by atoms with Crippen LogP contribution in [0.3, 0.4) is 0 Å². The lowest BCUT2D eigenvalue weighted by Gasteiger charge is -2.12. The molecule has 0 spiro atoms. The average Bonchev–Trinajstić information content (AvgIpc) is 2.61. The topological polar surface area (TPSA) is 79.5 Å². The van der Waals surface area contributed by atoms with Crippen molar-refractivity contribution in [2.75, 3.05) is 23.8 Å². The number of ether oxygens (including phenoxy) is 1. The molecule has 2 amide bonds. The average molecular weight is 355 g/mol. The van der Waals surface area contributed by atoms with Crippen LogP contribution >= 0.6 is 0 Å². The Bertz CT molecular complexity index is 742. The fourth-order valence-corrected chi connectivity index (χ4v) is 2.33. The van der Waals surface area contributed by atoms with Gasteiger partial charge in [0, 0.05) is 17.3 Å². The smallest absolute Gasteiger partial charge is 0.251 e. The molecule has 0 atom stereocenters. The third kappa shape index (κ3) is 5.81. The molecular weight excluding hydrogens is 330 g/mol. The van der Waals surface area contributed by atoms with Crippen LogP contribution in [0.25, 0.3) is 0 Å². The molecule has 3 N–H and O–H groups in total. The molecule has 0 aliphatic carbocycles. The summed E-state index contributed by atoms with van der Waals surface area (Å²) in [5, 5.41) is 8.69. The van der Waals surface area contributed by atoms with Gasteiger partial charge >= 0.3 is 0 Å². The van der Waals surface area contributed by atoms with E-state index in [4.69, 9.17) is 4.74 Å². The van der Waals surface area contributed by atoms with Crippen LogP contribution in [-0.4, -0.2) is 31.0 Å². The number of nitrogens with one attached hydrogen (secondary N) is 3. The number of carbonyl (C=O) groups is 2. The fraction of sp³-hybridized carbons (Fsp3) is 0.300. The third-order valence-corrected chi connectivity index (χ3v) is 3.48. The van der Waals surface area contributed by atoms with Crippen LogP contribution in [0.2, 0.25) is 0 Å². The van der Waals surface area contributed by atoms with Crippen molar-refractivity contribution in [2.24, 2.45) is 0 Å². The largest absolute Gasteiger partial charge is 0.492 e. The maximum atomic E-state index is 12.1. The van der Waals surface area contributed by atoms with Gasteiger partial charge in [-0.15, -0.1) is 0 Å². The quantitative estimate of drug-likeness (QED) is 0.679. The number of amides is 2. The summed E-state index contributed by atoms with van der Waals surface area (Å²) < 4.78 is 5.52. The zero-order valence-corrected chi connectivity index (χ0v) is 15.3. The molecule has 0 aliphatic rings. The number of carbonyl (C=O) groups excluding carboxylic acids is 2. The van der Waals surface area contributed by atoms with E-state index in [0.29, 0.717) is 23.6 Å². The maximum Gasteiger partial charge on any atom is 0.251 e. The number of hydrogen-bond acceptors (Lipinski definition) is 4. The molecule has 0 saturated carbocycles. The number of rotatable bonds is 8. The first-order valence-corrected chi connectivity index (χ1v) is 8.66. The van der Waals surface area contributed by atoms with E-state index in [9.17, 15) is 9.59 Å². The van der Waals surface area contributed by atoms with E-state index in [-0.39, 0.29) is 24.4 Å². The monoisotopic (exact) mass is 355 g/mol. The predicted molar refractivity (Wildman–Crippen MR) is 104 cm³/mol. The molecule has 2 rings (SSSR count). The van der Waals surface area contributed by atoms with Gasteiger partial charge in [0.1, 0.15) is 5.75 Å². The molecule has 26 heavy (non-hydrogen) atoms. The van der Waals surface area contributed by atoms with Gasteiger partial charge in [0.25, 0.3) is 5.91 Å². The molecule has 0 saturated heterocycles. The van der Waals surface area contributed by atoms with Crippen LogP contribution in [0.15, 0.2) is 48.5 Å². The summed E-state index contributed by atoms with van der Waals surface area (Å²) in [4.78, 5) is 24.0. The Morgan fingerprint density at radius 3 is 2.38 bits per heavy atom. The minimum absolute atomic E-state index is 0.0764. The molecule has 0 aliphatic heterocycles. The van der Waals surface area contributed by atoms with Crippen molar-refractivity contribution < 1.29 is 14.3 Å². The van der Waals surface area contributed by atoms with Crippen molar-refractivity contribution in [1.82, 2.24) is 5.32 Å². The van der Waals surface area contributed by atoms with Crippen molar-refractivity contribution in [3.8, 4) is 5.75 Å². The van der Waals surface area contributed by atoms with E-state index >= 15 is 0 Å². The predicted octanol–water partition coefficient (Wildman–Crippen LogP) is 3.27. The highest BCUT2D eigenvalue weighted by molar-refractivity contribution is 5.96. The summed E-state index contributed by atoms with van der Waals surface area (Å²) >= 11 is 0. The lowest BCUT2D eigenvalue weighted by atomic mass is 10.2. The summed E-state index contributed by atoms with van der Waals surface area (Å²) in [6.45, 7) is 6.39. The summed E-state index contributed by atoms with van der Waals surface area (Å²) in [5.74, 6) is 0.395. The van der Waals surface area contributed by atoms with Gasteiger partial charge in [0.05, 0.1) is 18.8 Å². The number of hydrogen-bond donors (Lipinski definition) is 3. The Morgan fingerprint density at radius 2 is 1.73 bits per heavy atom. The minimum atomic E-state index is -0.185. The van der Waals surface area contributed by atoms with E-state index in [2.05, 4.69) is 16.0 Å². The van der Waals surface area contributed by atoms with Gasteiger partial charge in [0.2, 0.25) is 5.91 Å². The molecule has 0 aromatic heterocycles. The number of benzene rings is 2. The summed E-state index contributed by atoms with van der Waals surface area (Å²) in [7, 11) is 0. The SMILES string of the molecule is CCOc1ccccc1NCC(=O)Nc1ccc(C(=O)NC(C)C)cc1. The van der Waals surface area contributed by atoms with Crippen molar-refractivity contribution >= 4 is 23.2 Å². The van der Waals surface area contributed by atoms with Gasteiger partial charge in [-0.05, 0) is 57.2 Å². The standard InChI is InChI=1S/C20H25N3O3/c1-4-26-18-8-6-5-7-17(18)21-13-19(24)23-16-11-9-15(10-12-16)20(25)22-14(2)3/h5-12,14,21H,4,13H2,1-3H3,(H,22,25)(H,23,24). The molecule has 0 unspecified atom stereocenters. The molecule has 6 heteroatoms.